The molecule has 1 aliphatic heterocycles. The number of hydrogen-bond acceptors (Lipinski definition) is 8. The van der Waals surface area contributed by atoms with Crippen LogP contribution in [0.5, 0.6) is 17.2 Å². The van der Waals surface area contributed by atoms with E-state index in [2.05, 4.69) is 4.99 Å². The van der Waals surface area contributed by atoms with Crippen molar-refractivity contribution in [1.29, 1.82) is 0 Å². The SMILES string of the molecule is CCOC(=O)C1=C(C)N=c2sc(=Cc3ccccc3)c(=O)n2C1c1cc(OC)c(OC)c(OC)c1. The molecule has 3 aromatic rings. The Morgan fingerprint density at radius 3 is 2.31 bits per heavy atom. The van der Waals surface area contributed by atoms with Gasteiger partial charge in [0.25, 0.3) is 5.56 Å². The molecule has 182 valence electrons. The van der Waals surface area contributed by atoms with Crippen LogP contribution in [0, 0.1) is 0 Å². The number of fused-ring (bicyclic) bond motifs is 1. The summed E-state index contributed by atoms with van der Waals surface area (Å²) < 4.78 is 23.9. The highest BCUT2D eigenvalue weighted by Gasteiger charge is 2.34. The summed E-state index contributed by atoms with van der Waals surface area (Å²) in [4.78, 5) is 31.9. The first-order valence-corrected chi connectivity index (χ1v) is 11.8. The maximum atomic E-state index is 13.7. The second kappa shape index (κ2) is 10.2. The number of hydrogen-bond donors (Lipinski definition) is 0. The average molecular weight is 495 g/mol. The number of aromatic nitrogens is 1. The van der Waals surface area contributed by atoms with Crippen molar-refractivity contribution in [3.63, 3.8) is 0 Å². The van der Waals surface area contributed by atoms with Crippen LogP contribution < -0.4 is 29.1 Å². The van der Waals surface area contributed by atoms with E-state index in [0.717, 1.165) is 5.56 Å². The number of methoxy groups -OCH3 is 3. The molecule has 2 aromatic carbocycles. The van der Waals surface area contributed by atoms with Crippen molar-refractivity contribution < 1.29 is 23.7 Å². The fourth-order valence-electron chi connectivity index (χ4n) is 4.07. The largest absolute Gasteiger partial charge is 0.493 e. The lowest BCUT2D eigenvalue weighted by atomic mass is 9.95. The fraction of sp³-hybridized carbons (Fsp3) is 0.269. The van der Waals surface area contributed by atoms with E-state index in [1.807, 2.05) is 36.4 Å². The number of ether oxygens (including phenoxy) is 4. The molecule has 1 aliphatic rings. The van der Waals surface area contributed by atoms with E-state index in [9.17, 15) is 9.59 Å². The van der Waals surface area contributed by atoms with Gasteiger partial charge in [-0.1, -0.05) is 41.7 Å². The summed E-state index contributed by atoms with van der Waals surface area (Å²) in [5.41, 5.74) is 1.99. The zero-order chi connectivity index (χ0) is 25.1. The first-order valence-electron chi connectivity index (χ1n) is 11.0. The summed E-state index contributed by atoms with van der Waals surface area (Å²) in [5.74, 6) is 0.690. The molecule has 0 amide bonds. The fourth-order valence-corrected chi connectivity index (χ4v) is 5.11. The molecule has 0 saturated heterocycles. The third kappa shape index (κ3) is 4.46. The van der Waals surface area contributed by atoms with E-state index in [4.69, 9.17) is 18.9 Å². The number of rotatable bonds is 7. The minimum Gasteiger partial charge on any atom is -0.493 e. The molecule has 0 saturated carbocycles. The summed E-state index contributed by atoms with van der Waals surface area (Å²) in [6.45, 7) is 3.67. The van der Waals surface area contributed by atoms with Gasteiger partial charge in [-0.3, -0.25) is 9.36 Å². The Kier molecular flexibility index (Phi) is 7.07. The predicted molar refractivity (Wildman–Crippen MR) is 133 cm³/mol. The van der Waals surface area contributed by atoms with Crippen LogP contribution in [0.25, 0.3) is 6.08 Å². The van der Waals surface area contributed by atoms with Crippen LogP contribution in [0.3, 0.4) is 0 Å². The zero-order valence-electron chi connectivity index (χ0n) is 20.2. The number of nitrogens with zero attached hydrogens (tertiary/aromatic N) is 2. The molecule has 8 nitrogen and oxygen atoms in total. The summed E-state index contributed by atoms with van der Waals surface area (Å²) in [6, 6.07) is 12.2. The van der Waals surface area contributed by atoms with Crippen LogP contribution in [0.2, 0.25) is 0 Å². The van der Waals surface area contributed by atoms with E-state index < -0.39 is 12.0 Å². The van der Waals surface area contributed by atoms with Crippen molar-refractivity contribution in [3.8, 4) is 17.2 Å². The summed E-state index contributed by atoms with van der Waals surface area (Å²) in [7, 11) is 4.54. The van der Waals surface area contributed by atoms with Crippen LogP contribution in [0.4, 0.5) is 0 Å². The number of esters is 1. The zero-order valence-corrected chi connectivity index (χ0v) is 21.0. The molecule has 2 heterocycles. The van der Waals surface area contributed by atoms with Crippen molar-refractivity contribution in [2.45, 2.75) is 19.9 Å². The van der Waals surface area contributed by atoms with Crippen LogP contribution in [0.15, 0.2) is 63.5 Å². The van der Waals surface area contributed by atoms with Gasteiger partial charge in [-0.2, -0.15) is 0 Å². The lowest BCUT2D eigenvalue weighted by Crippen LogP contribution is -2.40. The number of allylic oxidation sites excluding steroid dienone is 1. The Balaban J connectivity index is 2.02. The van der Waals surface area contributed by atoms with Gasteiger partial charge in [0.1, 0.15) is 0 Å². The van der Waals surface area contributed by atoms with Crippen molar-refractivity contribution in [2.75, 3.05) is 27.9 Å². The Morgan fingerprint density at radius 2 is 1.74 bits per heavy atom. The molecule has 0 spiro atoms. The quantitative estimate of drug-likeness (QED) is 0.470. The maximum absolute atomic E-state index is 13.7. The van der Waals surface area contributed by atoms with Gasteiger partial charge < -0.3 is 18.9 Å². The second-order valence-electron chi connectivity index (χ2n) is 7.67. The molecule has 0 aliphatic carbocycles. The normalized spacial score (nSPS) is 15.3. The van der Waals surface area contributed by atoms with Gasteiger partial charge in [0.05, 0.1) is 49.8 Å². The van der Waals surface area contributed by atoms with Crippen molar-refractivity contribution in [2.24, 2.45) is 4.99 Å². The third-order valence-corrected chi connectivity index (χ3v) is 6.60. The number of carbonyl (C=O) groups is 1. The van der Waals surface area contributed by atoms with Gasteiger partial charge in [0.2, 0.25) is 5.75 Å². The molecule has 1 aromatic heterocycles. The van der Waals surface area contributed by atoms with Crippen molar-refractivity contribution >= 4 is 23.4 Å². The molecule has 1 atom stereocenters. The molecule has 0 bridgehead atoms. The van der Waals surface area contributed by atoms with E-state index in [1.165, 1.54) is 37.2 Å². The second-order valence-corrected chi connectivity index (χ2v) is 8.68. The number of thiazole rings is 1. The van der Waals surface area contributed by atoms with Gasteiger partial charge in [-0.25, -0.2) is 9.79 Å². The van der Waals surface area contributed by atoms with Crippen LogP contribution in [-0.4, -0.2) is 38.5 Å². The van der Waals surface area contributed by atoms with Crippen LogP contribution in [0.1, 0.15) is 31.0 Å². The first kappa shape index (κ1) is 24.3. The molecular weight excluding hydrogens is 468 g/mol. The van der Waals surface area contributed by atoms with Crippen LogP contribution in [-0.2, 0) is 9.53 Å². The average Bonchev–Trinajstić information content (AvgIpc) is 3.16. The van der Waals surface area contributed by atoms with Crippen LogP contribution >= 0.6 is 11.3 Å². The molecule has 4 rings (SSSR count). The molecule has 0 N–H and O–H groups in total. The Hall–Kier alpha value is -3.85. The highest BCUT2D eigenvalue weighted by Crippen LogP contribution is 2.42. The van der Waals surface area contributed by atoms with Gasteiger partial charge in [-0.15, -0.1) is 0 Å². The van der Waals surface area contributed by atoms with Crippen molar-refractivity contribution in [3.05, 3.63) is 84.5 Å². The third-order valence-electron chi connectivity index (χ3n) is 5.62. The van der Waals surface area contributed by atoms with E-state index in [1.54, 1.807) is 26.0 Å². The van der Waals surface area contributed by atoms with Gasteiger partial charge >= 0.3 is 5.97 Å². The number of carbonyl (C=O) groups excluding carboxylic acids is 1. The maximum Gasteiger partial charge on any atom is 0.338 e. The molecule has 0 radical (unpaired) electrons. The standard InChI is InChI=1S/C26H26N2O6S/c1-6-34-25(30)21-15(2)27-26-28(24(29)20(35-26)12-16-10-8-7-9-11-16)22(21)17-13-18(31-3)23(33-5)19(14-17)32-4/h7-14,22H,6H2,1-5H3. The topological polar surface area (TPSA) is 88.4 Å². The Labute approximate surface area is 206 Å². The Bertz CT molecular complexity index is 1440. The molecular formula is C26H26N2O6S. The van der Waals surface area contributed by atoms with Gasteiger partial charge in [0, 0.05) is 0 Å². The summed E-state index contributed by atoms with van der Waals surface area (Å²) in [6.07, 6.45) is 1.82. The highest BCUT2D eigenvalue weighted by atomic mass is 32.1. The lowest BCUT2D eigenvalue weighted by Gasteiger charge is -2.26. The highest BCUT2D eigenvalue weighted by molar-refractivity contribution is 7.07. The summed E-state index contributed by atoms with van der Waals surface area (Å²) >= 11 is 1.27. The minimum atomic E-state index is -0.795. The first-order chi connectivity index (χ1) is 16.9. The predicted octanol–water partition coefficient (Wildman–Crippen LogP) is 2.82. The van der Waals surface area contributed by atoms with Crippen molar-refractivity contribution in [1.82, 2.24) is 4.57 Å². The summed E-state index contributed by atoms with van der Waals surface area (Å²) in [5, 5.41) is 0. The molecule has 35 heavy (non-hydrogen) atoms. The molecule has 0 fully saturated rings. The Morgan fingerprint density at radius 1 is 1.09 bits per heavy atom. The molecule has 1 unspecified atom stereocenters. The molecule has 9 heteroatoms. The minimum absolute atomic E-state index is 0.190. The van der Waals surface area contributed by atoms with E-state index >= 15 is 0 Å². The van der Waals surface area contributed by atoms with Gasteiger partial charge in [0.15, 0.2) is 16.3 Å². The lowest BCUT2D eigenvalue weighted by molar-refractivity contribution is -0.139. The van der Waals surface area contributed by atoms with E-state index in [-0.39, 0.29) is 17.7 Å². The van der Waals surface area contributed by atoms with E-state index in [0.29, 0.717) is 37.8 Å². The smallest absolute Gasteiger partial charge is 0.338 e. The van der Waals surface area contributed by atoms with Gasteiger partial charge in [-0.05, 0) is 43.2 Å². The number of benzene rings is 2. The monoisotopic (exact) mass is 494 g/mol.